The highest BCUT2D eigenvalue weighted by Gasteiger charge is 2.01. The van der Waals surface area contributed by atoms with Crippen molar-refractivity contribution in [2.75, 3.05) is 0 Å². The number of nitriles is 1. The van der Waals surface area contributed by atoms with Gasteiger partial charge in [-0.2, -0.15) is 5.26 Å². The number of aliphatic hydroxyl groups excluding tert-OH is 1. The normalized spacial score (nSPS) is 12.0. The molecule has 1 unspecified atom stereocenters. The van der Waals surface area contributed by atoms with Gasteiger partial charge in [0.05, 0.1) is 12.2 Å². The molecule has 0 fully saturated rings. The first-order valence-corrected chi connectivity index (χ1v) is 4.47. The van der Waals surface area contributed by atoms with E-state index < -0.39 is 0 Å². The Morgan fingerprint density at radius 1 is 1.42 bits per heavy atom. The lowest BCUT2D eigenvalue weighted by Crippen LogP contribution is -2.05. The summed E-state index contributed by atoms with van der Waals surface area (Å²) in [4.78, 5) is 0. The van der Waals surface area contributed by atoms with Crippen LogP contribution in [0.2, 0.25) is 0 Å². The van der Waals surface area contributed by atoms with Crippen LogP contribution in [0.15, 0.2) is 12.7 Å². The van der Waals surface area contributed by atoms with Gasteiger partial charge in [0.25, 0.3) is 0 Å². The summed E-state index contributed by atoms with van der Waals surface area (Å²) in [6.07, 6.45) is 6.63. The highest BCUT2D eigenvalue weighted by molar-refractivity contribution is 4.72. The van der Waals surface area contributed by atoms with Crippen LogP contribution in [0.4, 0.5) is 0 Å². The summed E-state index contributed by atoms with van der Waals surface area (Å²) in [6, 6.07) is 2.02. The number of aliphatic hydroxyl groups is 1. The van der Waals surface area contributed by atoms with Gasteiger partial charge in [-0.15, -0.1) is 6.58 Å². The molecule has 1 N–H and O–H groups in total. The van der Waals surface area contributed by atoms with E-state index >= 15 is 0 Å². The summed E-state index contributed by atoms with van der Waals surface area (Å²) in [5, 5.41) is 17.6. The lowest BCUT2D eigenvalue weighted by Gasteiger charge is -2.06. The molecule has 2 nitrogen and oxygen atoms in total. The fourth-order valence-electron chi connectivity index (χ4n) is 1.04. The average Bonchev–Trinajstić information content (AvgIpc) is 2.09. The highest BCUT2D eigenvalue weighted by atomic mass is 16.3. The van der Waals surface area contributed by atoms with Crippen molar-refractivity contribution >= 4 is 0 Å². The van der Waals surface area contributed by atoms with Gasteiger partial charge in [-0.05, 0) is 25.7 Å². The predicted octanol–water partition coefficient (Wildman–Crippen LogP) is 2.40. The van der Waals surface area contributed by atoms with Crippen molar-refractivity contribution in [1.82, 2.24) is 0 Å². The molecule has 0 aromatic heterocycles. The van der Waals surface area contributed by atoms with E-state index in [0.717, 1.165) is 25.7 Å². The third kappa shape index (κ3) is 7.30. The van der Waals surface area contributed by atoms with Gasteiger partial charge in [0.2, 0.25) is 0 Å². The van der Waals surface area contributed by atoms with E-state index in [2.05, 4.69) is 6.58 Å². The van der Waals surface area contributed by atoms with E-state index in [4.69, 9.17) is 5.26 Å². The molecular formula is C10H17NO. The highest BCUT2D eigenvalue weighted by Crippen LogP contribution is 2.07. The second-order valence-electron chi connectivity index (χ2n) is 2.92. The van der Waals surface area contributed by atoms with Crippen molar-refractivity contribution in [3.63, 3.8) is 0 Å². The zero-order valence-corrected chi connectivity index (χ0v) is 7.50. The van der Waals surface area contributed by atoms with Crippen molar-refractivity contribution in [3.05, 3.63) is 12.7 Å². The number of nitrogens with zero attached hydrogens (tertiary/aromatic N) is 1. The van der Waals surface area contributed by atoms with E-state index in [1.54, 1.807) is 0 Å². The standard InChI is InChI=1S/C10H17NO/c1-2-3-4-5-7-10(12)8-6-9-11/h2,10,12H,1,3-8H2. The van der Waals surface area contributed by atoms with Gasteiger partial charge in [0, 0.05) is 6.42 Å². The second-order valence-corrected chi connectivity index (χ2v) is 2.92. The number of hydrogen-bond acceptors (Lipinski definition) is 2. The minimum Gasteiger partial charge on any atom is -0.393 e. The Labute approximate surface area is 74.5 Å². The lowest BCUT2D eigenvalue weighted by atomic mass is 10.1. The lowest BCUT2D eigenvalue weighted by molar-refractivity contribution is 0.153. The molecule has 1 atom stereocenters. The van der Waals surface area contributed by atoms with Crippen LogP contribution in [0.1, 0.15) is 38.5 Å². The van der Waals surface area contributed by atoms with Gasteiger partial charge in [-0.25, -0.2) is 0 Å². The molecule has 0 spiro atoms. The SMILES string of the molecule is C=CCCCCC(O)CCC#N. The number of unbranched alkanes of at least 4 members (excludes halogenated alkanes) is 2. The van der Waals surface area contributed by atoms with Crippen LogP contribution in [-0.2, 0) is 0 Å². The third-order valence-electron chi connectivity index (χ3n) is 1.78. The first kappa shape index (κ1) is 11.2. The molecule has 0 saturated carbocycles. The number of rotatable bonds is 7. The Kier molecular flexibility index (Phi) is 7.73. The van der Waals surface area contributed by atoms with Crippen LogP contribution in [-0.4, -0.2) is 11.2 Å². The molecule has 0 heterocycles. The molecular weight excluding hydrogens is 150 g/mol. The molecule has 0 aliphatic rings. The van der Waals surface area contributed by atoms with Crippen molar-refractivity contribution in [2.24, 2.45) is 0 Å². The Balaban J connectivity index is 3.14. The summed E-state index contributed by atoms with van der Waals surface area (Å²) in [5.74, 6) is 0. The summed E-state index contributed by atoms with van der Waals surface area (Å²) in [7, 11) is 0. The minimum atomic E-state index is -0.283. The van der Waals surface area contributed by atoms with Gasteiger partial charge >= 0.3 is 0 Å². The third-order valence-corrected chi connectivity index (χ3v) is 1.78. The Morgan fingerprint density at radius 2 is 2.17 bits per heavy atom. The van der Waals surface area contributed by atoms with E-state index in [-0.39, 0.29) is 6.10 Å². The number of allylic oxidation sites excluding steroid dienone is 1. The molecule has 0 aromatic carbocycles. The predicted molar refractivity (Wildman–Crippen MR) is 49.5 cm³/mol. The van der Waals surface area contributed by atoms with Gasteiger partial charge in [-0.3, -0.25) is 0 Å². The van der Waals surface area contributed by atoms with Crippen LogP contribution in [0.25, 0.3) is 0 Å². The first-order valence-electron chi connectivity index (χ1n) is 4.47. The summed E-state index contributed by atoms with van der Waals surface area (Å²) in [6.45, 7) is 3.62. The van der Waals surface area contributed by atoms with Gasteiger partial charge < -0.3 is 5.11 Å². The maximum absolute atomic E-state index is 9.30. The molecule has 0 aliphatic carbocycles. The topological polar surface area (TPSA) is 44.0 Å². The Bertz CT molecular complexity index is 148. The first-order chi connectivity index (χ1) is 5.81. The maximum atomic E-state index is 9.30. The molecule has 12 heavy (non-hydrogen) atoms. The molecule has 0 saturated heterocycles. The Morgan fingerprint density at radius 3 is 2.75 bits per heavy atom. The molecule has 0 aromatic rings. The van der Waals surface area contributed by atoms with E-state index in [1.165, 1.54) is 0 Å². The fraction of sp³-hybridized carbons (Fsp3) is 0.700. The molecule has 0 bridgehead atoms. The summed E-state index contributed by atoms with van der Waals surface area (Å²) >= 11 is 0. The molecule has 0 amide bonds. The van der Waals surface area contributed by atoms with E-state index in [0.29, 0.717) is 12.8 Å². The van der Waals surface area contributed by atoms with Crippen LogP contribution < -0.4 is 0 Å². The van der Waals surface area contributed by atoms with Crippen molar-refractivity contribution in [2.45, 2.75) is 44.6 Å². The molecule has 2 heteroatoms. The number of hydrogen-bond donors (Lipinski definition) is 1. The van der Waals surface area contributed by atoms with Crippen LogP contribution in [0.5, 0.6) is 0 Å². The summed E-state index contributed by atoms with van der Waals surface area (Å²) < 4.78 is 0. The Hall–Kier alpha value is -0.810. The van der Waals surface area contributed by atoms with Gasteiger partial charge in [-0.1, -0.05) is 12.5 Å². The van der Waals surface area contributed by atoms with E-state index in [1.807, 2.05) is 12.1 Å². The smallest absolute Gasteiger partial charge is 0.0622 e. The monoisotopic (exact) mass is 167 g/mol. The van der Waals surface area contributed by atoms with Gasteiger partial charge in [0.15, 0.2) is 0 Å². The van der Waals surface area contributed by atoms with Crippen LogP contribution in [0, 0.1) is 11.3 Å². The van der Waals surface area contributed by atoms with E-state index in [9.17, 15) is 5.11 Å². The van der Waals surface area contributed by atoms with Gasteiger partial charge in [0.1, 0.15) is 0 Å². The molecule has 0 rings (SSSR count). The van der Waals surface area contributed by atoms with Crippen LogP contribution >= 0.6 is 0 Å². The quantitative estimate of drug-likeness (QED) is 0.467. The molecule has 68 valence electrons. The average molecular weight is 167 g/mol. The van der Waals surface area contributed by atoms with Crippen LogP contribution in [0.3, 0.4) is 0 Å². The maximum Gasteiger partial charge on any atom is 0.0622 e. The van der Waals surface area contributed by atoms with Crippen molar-refractivity contribution in [3.8, 4) is 6.07 Å². The van der Waals surface area contributed by atoms with Crippen molar-refractivity contribution in [1.29, 1.82) is 5.26 Å². The summed E-state index contributed by atoms with van der Waals surface area (Å²) in [5.41, 5.74) is 0. The zero-order chi connectivity index (χ0) is 9.23. The minimum absolute atomic E-state index is 0.283. The zero-order valence-electron chi connectivity index (χ0n) is 7.50. The largest absolute Gasteiger partial charge is 0.393 e. The van der Waals surface area contributed by atoms with Crippen molar-refractivity contribution < 1.29 is 5.11 Å². The second kappa shape index (κ2) is 8.29. The molecule has 0 aliphatic heterocycles. The fourth-order valence-corrected chi connectivity index (χ4v) is 1.04. The molecule has 0 radical (unpaired) electrons.